The van der Waals surface area contributed by atoms with Gasteiger partial charge in [0.2, 0.25) is 5.78 Å². The van der Waals surface area contributed by atoms with Crippen LogP contribution in [0.25, 0.3) is 0 Å². The Morgan fingerprint density at radius 2 is 1.90 bits per heavy atom. The van der Waals surface area contributed by atoms with E-state index in [9.17, 15) is 14.7 Å². The predicted octanol–water partition coefficient (Wildman–Crippen LogP) is 2.96. The highest BCUT2D eigenvalue weighted by Gasteiger charge is 2.41. The maximum Gasteiger partial charge on any atom is 0.289 e. The minimum atomic E-state index is -0.548. The summed E-state index contributed by atoms with van der Waals surface area (Å²) in [7, 11) is 1.59. The molecule has 0 fully saturated rings. The van der Waals surface area contributed by atoms with Crippen molar-refractivity contribution < 1.29 is 14.7 Å². The normalized spacial score (nSPS) is 18.4. The average molecular weight is 299 g/mol. The molecule has 1 aliphatic heterocycles. The lowest BCUT2D eigenvalue weighted by Gasteiger charge is -2.22. The molecule has 5 heteroatoms. The van der Waals surface area contributed by atoms with Gasteiger partial charge >= 0.3 is 0 Å². The van der Waals surface area contributed by atoms with Gasteiger partial charge in [-0.05, 0) is 17.0 Å². The molecular formula is C16H13NO3S. The van der Waals surface area contributed by atoms with E-state index in [0.29, 0.717) is 4.88 Å². The number of likely N-dealkylation sites (N-methyl/N-ethyl adjacent to an activating group) is 1. The summed E-state index contributed by atoms with van der Waals surface area (Å²) in [5.41, 5.74) is 0.952. The Balaban J connectivity index is 2.10. The van der Waals surface area contributed by atoms with Crippen LogP contribution >= 0.6 is 11.3 Å². The number of thiophene rings is 1. The molecule has 1 aromatic carbocycles. The molecule has 0 radical (unpaired) electrons. The van der Waals surface area contributed by atoms with Crippen LogP contribution in [0.2, 0.25) is 0 Å². The van der Waals surface area contributed by atoms with E-state index in [1.54, 1.807) is 24.6 Å². The number of amides is 1. The number of Topliss-reactive ketones (excluding diaryl/α,β-unsaturated/α-hetero) is 1. The summed E-state index contributed by atoms with van der Waals surface area (Å²) >= 11 is 1.29. The monoisotopic (exact) mass is 299 g/mol. The molecule has 0 spiro atoms. The van der Waals surface area contributed by atoms with Crippen molar-refractivity contribution in [2.24, 2.45) is 0 Å². The number of hydrogen-bond donors (Lipinski definition) is 1. The predicted molar refractivity (Wildman–Crippen MR) is 80.3 cm³/mol. The van der Waals surface area contributed by atoms with Crippen LogP contribution in [-0.4, -0.2) is 28.7 Å². The molecule has 1 atom stereocenters. The van der Waals surface area contributed by atoms with Gasteiger partial charge in [-0.2, -0.15) is 0 Å². The smallest absolute Gasteiger partial charge is 0.289 e. The summed E-state index contributed by atoms with van der Waals surface area (Å²) in [4.78, 5) is 26.6. The lowest BCUT2D eigenvalue weighted by atomic mass is 9.96. The maximum absolute atomic E-state index is 12.6. The van der Waals surface area contributed by atoms with Gasteiger partial charge in [0.05, 0.1) is 16.5 Å². The number of carbonyl (C=O) groups is 2. The van der Waals surface area contributed by atoms with Crippen molar-refractivity contribution in [2.75, 3.05) is 7.05 Å². The van der Waals surface area contributed by atoms with Crippen molar-refractivity contribution in [1.29, 1.82) is 0 Å². The highest BCUT2D eigenvalue weighted by atomic mass is 32.1. The van der Waals surface area contributed by atoms with Crippen molar-refractivity contribution in [1.82, 2.24) is 4.90 Å². The number of aliphatic hydroxyl groups excluding tert-OH is 1. The first kappa shape index (κ1) is 13.6. The number of benzene rings is 1. The zero-order valence-corrected chi connectivity index (χ0v) is 12.1. The van der Waals surface area contributed by atoms with E-state index in [1.165, 1.54) is 16.2 Å². The molecule has 4 nitrogen and oxygen atoms in total. The summed E-state index contributed by atoms with van der Waals surface area (Å²) in [6.07, 6.45) is 0. The lowest BCUT2D eigenvalue weighted by molar-refractivity contribution is -0.128. The van der Waals surface area contributed by atoms with Gasteiger partial charge < -0.3 is 10.0 Å². The van der Waals surface area contributed by atoms with Crippen LogP contribution in [0.15, 0.2) is 59.2 Å². The van der Waals surface area contributed by atoms with E-state index in [-0.39, 0.29) is 11.4 Å². The summed E-state index contributed by atoms with van der Waals surface area (Å²) in [5, 5.41) is 11.9. The third-order valence-corrected chi connectivity index (χ3v) is 4.41. The molecule has 1 amide bonds. The third-order valence-electron chi connectivity index (χ3n) is 3.54. The molecule has 21 heavy (non-hydrogen) atoms. The van der Waals surface area contributed by atoms with E-state index in [1.807, 2.05) is 30.3 Å². The largest absolute Gasteiger partial charge is 0.503 e. The van der Waals surface area contributed by atoms with Crippen molar-refractivity contribution >= 4 is 23.0 Å². The fraction of sp³-hybridized carbons (Fsp3) is 0.125. The standard InChI is InChI=1S/C16H13NO3S/c1-17-13(10-6-3-2-4-7-10)12(15(19)16(17)20)14(18)11-8-5-9-21-11/h2-9,13,19H,1H3. The van der Waals surface area contributed by atoms with Crippen molar-refractivity contribution in [2.45, 2.75) is 6.04 Å². The first-order valence-corrected chi connectivity index (χ1v) is 7.32. The van der Waals surface area contributed by atoms with Crippen LogP contribution in [-0.2, 0) is 4.79 Å². The van der Waals surface area contributed by atoms with Crippen molar-refractivity contribution in [3.8, 4) is 0 Å². The van der Waals surface area contributed by atoms with Gasteiger partial charge in [-0.15, -0.1) is 11.3 Å². The fourth-order valence-corrected chi connectivity index (χ4v) is 3.20. The molecule has 2 aromatic rings. The van der Waals surface area contributed by atoms with Crippen LogP contribution in [0.4, 0.5) is 0 Å². The molecule has 1 aromatic heterocycles. The Kier molecular flexibility index (Phi) is 3.35. The third kappa shape index (κ3) is 2.15. The van der Waals surface area contributed by atoms with Gasteiger partial charge in [-0.25, -0.2) is 0 Å². The van der Waals surface area contributed by atoms with Crippen LogP contribution in [0.3, 0.4) is 0 Å². The topological polar surface area (TPSA) is 57.6 Å². The summed E-state index contributed by atoms with van der Waals surface area (Å²) in [6.45, 7) is 0. The number of nitrogens with zero attached hydrogens (tertiary/aromatic N) is 1. The van der Waals surface area contributed by atoms with Crippen molar-refractivity contribution in [3.63, 3.8) is 0 Å². The van der Waals surface area contributed by atoms with Gasteiger partial charge in [0, 0.05) is 7.05 Å². The quantitative estimate of drug-likeness (QED) is 0.886. The minimum Gasteiger partial charge on any atom is -0.503 e. The average Bonchev–Trinajstić information content (AvgIpc) is 3.11. The first-order chi connectivity index (χ1) is 10.1. The highest BCUT2D eigenvalue weighted by molar-refractivity contribution is 7.12. The Morgan fingerprint density at radius 1 is 1.19 bits per heavy atom. The Labute approximate surface area is 126 Å². The molecule has 3 rings (SSSR count). The maximum atomic E-state index is 12.6. The second-order valence-electron chi connectivity index (χ2n) is 4.80. The molecule has 1 aliphatic rings. The van der Waals surface area contributed by atoms with Crippen LogP contribution in [0.5, 0.6) is 0 Å². The van der Waals surface area contributed by atoms with Gasteiger partial charge in [0.1, 0.15) is 0 Å². The minimum absolute atomic E-state index is 0.149. The van der Waals surface area contributed by atoms with E-state index < -0.39 is 17.7 Å². The Hall–Kier alpha value is -2.40. The molecule has 0 saturated heterocycles. The van der Waals surface area contributed by atoms with E-state index in [4.69, 9.17) is 0 Å². The molecule has 0 saturated carbocycles. The second kappa shape index (κ2) is 5.18. The number of ketones is 1. The van der Waals surface area contributed by atoms with Crippen LogP contribution in [0.1, 0.15) is 21.3 Å². The summed E-state index contributed by atoms with van der Waals surface area (Å²) in [6, 6.07) is 12.2. The number of carbonyl (C=O) groups excluding carboxylic acids is 2. The molecule has 106 valence electrons. The summed E-state index contributed by atoms with van der Waals surface area (Å²) in [5.74, 6) is -1.28. The summed E-state index contributed by atoms with van der Waals surface area (Å²) < 4.78 is 0. The van der Waals surface area contributed by atoms with Crippen molar-refractivity contribution in [3.05, 3.63) is 69.6 Å². The Morgan fingerprint density at radius 3 is 2.52 bits per heavy atom. The number of hydrogen-bond acceptors (Lipinski definition) is 4. The van der Waals surface area contributed by atoms with E-state index in [0.717, 1.165) is 5.56 Å². The second-order valence-corrected chi connectivity index (χ2v) is 5.75. The zero-order valence-electron chi connectivity index (χ0n) is 11.3. The first-order valence-electron chi connectivity index (χ1n) is 6.44. The SMILES string of the molecule is CN1C(=O)C(O)=C(C(=O)c2cccs2)C1c1ccccc1. The molecule has 1 unspecified atom stereocenters. The molecule has 0 bridgehead atoms. The van der Waals surface area contributed by atoms with E-state index in [2.05, 4.69) is 0 Å². The van der Waals surface area contributed by atoms with Gasteiger partial charge in [0.15, 0.2) is 5.76 Å². The molecule has 2 heterocycles. The number of aliphatic hydroxyl groups is 1. The van der Waals surface area contributed by atoms with Crippen LogP contribution < -0.4 is 0 Å². The lowest BCUT2D eigenvalue weighted by Crippen LogP contribution is -2.26. The van der Waals surface area contributed by atoms with Gasteiger partial charge in [0.25, 0.3) is 5.91 Å². The molecule has 0 aliphatic carbocycles. The van der Waals surface area contributed by atoms with Gasteiger partial charge in [-0.3, -0.25) is 9.59 Å². The Bertz CT molecular complexity index is 719. The zero-order chi connectivity index (χ0) is 15.0. The molecular weight excluding hydrogens is 286 g/mol. The van der Waals surface area contributed by atoms with Gasteiger partial charge in [-0.1, -0.05) is 36.4 Å². The van der Waals surface area contributed by atoms with Crippen LogP contribution in [0, 0.1) is 0 Å². The van der Waals surface area contributed by atoms with E-state index >= 15 is 0 Å². The molecule has 1 N–H and O–H groups in total. The fourth-order valence-electron chi connectivity index (χ4n) is 2.52. The highest BCUT2D eigenvalue weighted by Crippen LogP contribution is 2.38. The number of rotatable bonds is 3.